The molecule has 5 heteroatoms. The highest BCUT2D eigenvalue weighted by Crippen LogP contribution is 2.28. The summed E-state index contributed by atoms with van der Waals surface area (Å²) in [5, 5.41) is 0. The van der Waals surface area contributed by atoms with E-state index in [1.807, 2.05) is 39.0 Å². The highest BCUT2D eigenvalue weighted by Gasteiger charge is 2.17. The fraction of sp³-hybridized carbons (Fsp3) is 0.235. The third kappa shape index (κ3) is 4.34. The number of carbonyl (C=O) groups excluding carboxylic acids is 1. The van der Waals surface area contributed by atoms with Crippen LogP contribution in [0.15, 0.2) is 45.3 Å². The first kappa shape index (κ1) is 17.0. The standard InChI is InChI=1S/C17H16Br2O3/c1-10(2)21-16-7-5-13(19)9-14(16)17(20)22-15-6-4-12(18)8-11(15)3/h4-10H,1-3H3. The molecule has 0 aliphatic carbocycles. The van der Waals surface area contributed by atoms with E-state index in [1.54, 1.807) is 18.2 Å². The summed E-state index contributed by atoms with van der Waals surface area (Å²) in [5.41, 5.74) is 1.27. The fourth-order valence-corrected chi connectivity index (χ4v) is 2.74. The molecule has 0 amide bonds. The Morgan fingerprint density at radius 2 is 1.59 bits per heavy atom. The molecular formula is C17H16Br2O3. The Balaban J connectivity index is 2.30. The van der Waals surface area contributed by atoms with Crippen LogP contribution in [-0.4, -0.2) is 12.1 Å². The lowest BCUT2D eigenvalue weighted by Gasteiger charge is -2.14. The van der Waals surface area contributed by atoms with Crippen molar-refractivity contribution in [2.75, 3.05) is 0 Å². The van der Waals surface area contributed by atoms with Crippen molar-refractivity contribution in [3.05, 3.63) is 56.5 Å². The Hall–Kier alpha value is -1.33. The number of esters is 1. The van der Waals surface area contributed by atoms with E-state index in [0.717, 1.165) is 14.5 Å². The molecule has 0 N–H and O–H groups in total. The Morgan fingerprint density at radius 1 is 1.00 bits per heavy atom. The summed E-state index contributed by atoms with van der Waals surface area (Å²) >= 11 is 6.76. The second-order valence-electron chi connectivity index (χ2n) is 5.11. The van der Waals surface area contributed by atoms with Gasteiger partial charge in [0.2, 0.25) is 0 Å². The number of ether oxygens (including phenoxy) is 2. The first-order valence-corrected chi connectivity index (χ1v) is 8.40. The van der Waals surface area contributed by atoms with E-state index in [2.05, 4.69) is 31.9 Å². The molecule has 0 saturated carbocycles. The second kappa shape index (κ2) is 7.29. The van der Waals surface area contributed by atoms with E-state index in [0.29, 0.717) is 17.1 Å². The number of benzene rings is 2. The molecule has 0 radical (unpaired) electrons. The molecule has 0 aromatic heterocycles. The van der Waals surface area contributed by atoms with Gasteiger partial charge in [-0.3, -0.25) is 0 Å². The molecule has 2 aromatic rings. The number of carbonyl (C=O) groups is 1. The van der Waals surface area contributed by atoms with Crippen LogP contribution in [0.2, 0.25) is 0 Å². The van der Waals surface area contributed by atoms with Crippen LogP contribution in [0, 0.1) is 6.92 Å². The fourth-order valence-electron chi connectivity index (χ4n) is 1.90. The quantitative estimate of drug-likeness (QED) is 0.475. The van der Waals surface area contributed by atoms with Crippen molar-refractivity contribution >= 4 is 37.8 Å². The highest BCUT2D eigenvalue weighted by molar-refractivity contribution is 9.10. The zero-order valence-corrected chi connectivity index (χ0v) is 15.7. The topological polar surface area (TPSA) is 35.5 Å². The zero-order chi connectivity index (χ0) is 16.3. The summed E-state index contributed by atoms with van der Waals surface area (Å²) in [4.78, 5) is 12.5. The Labute approximate surface area is 146 Å². The highest BCUT2D eigenvalue weighted by atomic mass is 79.9. The van der Waals surface area contributed by atoms with Crippen molar-refractivity contribution in [3.63, 3.8) is 0 Å². The predicted octanol–water partition coefficient (Wildman–Crippen LogP) is 5.53. The van der Waals surface area contributed by atoms with Crippen molar-refractivity contribution in [2.24, 2.45) is 0 Å². The third-order valence-corrected chi connectivity index (χ3v) is 3.85. The van der Waals surface area contributed by atoms with E-state index in [4.69, 9.17) is 9.47 Å². The van der Waals surface area contributed by atoms with Gasteiger partial charge in [0.25, 0.3) is 0 Å². The summed E-state index contributed by atoms with van der Waals surface area (Å²) in [6.07, 6.45) is -0.0258. The van der Waals surface area contributed by atoms with Crippen LogP contribution in [0.1, 0.15) is 29.8 Å². The van der Waals surface area contributed by atoms with Crippen molar-refractivity contribution in [3.8, 4) is 11.5 Å². The first-order valence-electron chi connectivity index (χ1n) is 6.81. The molecule has 0 unspecified atom stereocenters. The molecule has 0 aliphatic heterocycles. The van der Waals surface area contributed by atoms with Crippen LogP contribution in [0.25, 0.3) is 0 Å². The van der Waals surface area contributed by atoms with Gasteiger partial charge in [-0.25, -0.2) is 4.79 Å². The molecule has 116 valence electrons. The summed E-state index contributed by atoms with van der Waals surface area (Å²) in [5.74, 6) is 0.601. The molecule has 2 aromatic carbocycles. The smallest absolute Gasteiger partial charge is 0.347 e. The van der Waals surface area contributed by atoms with E-state index >= 15 is 0 Å². The maximum atomic E-state index is 12.5. The molecule has 22 heavy (non-hydrogen) atoms. The number of halogens is 2. The Bertz CT molecular complexity index is 696. The number of hydrogen-bond donors (Lipinski definition) is 0. The van der Waals surface area contributed by atoms with E-state index in [1.165, 1.54) is 0 Å². The van der Waals surface area contributed by atoms with Crippen molar-refractivity contribution in [2.45, 2.75) is 26.9 Å². The van der Waals surface area contributed by atoms with Crippen LogP contribution >= 0.6 is 31.9 Å². The van der Waals surface area contributed by atoms with Gasteiger partial charge in [-0.15, -0.1) is 0 Å². The molecule has 3 nitrogen and oxygen atoms in total. The van der Waals surface area contributed by atoms with E-state index in [-0.39, 0.29) is 6.10 Å². The van der Waals surface area contributed by atoms with Crippen molar-refractivity contribution in [1.29, 1.82) is 0 Å². The monoisotopic (exact) mass is 426 g/mol. The summed E-state index contributed by atoms with van der Waals surface area (Å²) < 4.78 is 12.9. The largest absolute Gasteiger partial charge is 0.490 e. The molecule has 0 atom stereocenters. The van der Waals surface area contributed by atoms with E-state index < -0.39 is 5.97 Å². The van der Waals surface area contributed by atoms with Crippen LogP contribution in [0.5, 0.6) is 11.5 Å². The van der Waals surface area contributed by atoms with Crippen LogP contribution in [-0.2, 0) is 0 Å². The van der Waals surface area contributed by atoms with Gasteiger partial charge in [-0.2, -0.15) is 0 Å². The van der Waals surface area contributed by atoms with Crippen LogP contribution in [0.3, 0.4) is 0 Å². The summed E-state index contributed by atoms with van der Waals surface area (Å²) in [7, 11) is 0. The summed E-state index contributed by atoms with van der Waals surface area (Å²) in [6.45, 7) is 5.71. The van der Waals surface area contributed by atoms with Crippen molar-refractivity contribution < 1.29 is 14.3 Å². The predicted molar refractivity (Wildman–Crippen MR) is 93.7 cm³/mol. The number of aryl methyl sites for hydroxylation is 1. The van der Waals surface area contributed by atoms with Gasteiger partial charge < -0.3 is 9.47 Å². The Morgan fingerprint density at radius 3 is 2.18 bits per heavy atom. The van der Waals surface area contributed by atoms with Gasteiger partial charge >= 0.3 is 5.97 Å². The molecule has 0 saturated heterocycles. The SMILES string of the molecule is Cc1cc(Br)ccc1OC(=O)c1cc(Br)ccc1OC(C)C. The van der Waals surface area contributed by atoms with Gasteiger partial charge in [-0.05, 0) is 62.7 Å². The number of hydrogen-bond acceptors (Lipinski definition) is 3. The Kier molecular flexibility index (Phi) is 5.64. The molecule has 0 aliphatic rings. The summed E-state index contributed by atoms with van der Waals surface area (Å²) in [6, 6.07) is 10.8. The van der Waals surface area contributed by atoms with E-state index in [9.17, 15) is 4.79 Å². The second-order valence-corrected chi connectivity index (χ2v) is 6.94. The molecule has 0 fully saturated rings. The lowest BCUT2D eigenvalue weighted by Crippen LogP contribution is -2.14. The minimum atomic E-state index is -0.442. The maximum absolute atomic E-state index is 12.5. The minimum absolute atomic E-state index is 0.0258. The molecule has 0 bridgehead atoms. The molecule has 0 heterocycles. The average molecular weight is 428 g/mol. The average Bonchev–Trinajstić information content (AvgIpc) is 2.43. The normalized spacial score (nSPS) is 10.6. The third-order valence-electron chi connectivity index (χ3n) is 2.86. The first-order chi connectivity index (χ1) is 10.4. The lowest BCUT2D eigenvalue weighted by atomic mass is 10.2. The molecule has 2 rings (SSSR count). The number of rotatable bonds is 4. The molecular weight excluding hydrogens is 412 g/mol. The van der Waals surface area contributed by atoms with Crippen LogP contribution < -0.4 is 9.47 Å². The van der Waals surface area contributed by atoms with Gasteiger partial charge in [0.05, 0.1) is 6.10 Å². The zero-order valence-electron chi connectivity index (χ0n) is 12.5. The maximum Gasteiger partial charge on any atom is 0.347 e. The van der Waals surface area contributed by atoms with Crippen LogP contribution in [0.4, 0.5) is 0 Å². The molecule has 0 spiro atoms. The minimum Gasteiger partial charge on any atom is -0.490 e. The van der Waals surface area contributed by atoms with Gasteiger partial charge in [-0.1, -0.05) is 31.9 Å². The van der Waals surface area contributed by atoms with Crippen molar-refractivity contribution in [1.82, 2.24) is 0 Å². The van der Waals surface area contributed by atoms with Gasteiger partial charge in [0.1, 0.15) is 17.1 Å². The van der Waals surface area contributed by atoms with Gasteiger partial charge in [0, 0.05) is 8.95 Å². The van der Waals surface area contributed by atoms with Gasteiger partial charge in [0.15, 0.2) is 0 Å². The lowest BCUT2D eigenvalue weighted by molar-refractivity contribution is 0.0727.